The fourth-order valence-corrected chi connectivity index (χ4v) is 3.93. The average molecular weight is 308 g/mol. The summed E-state index contributed by atoms with van der Waals surface area (Å²) in [5, 5.41) is 2.96. The molecule has 6 heteroatoms. The summed E-state index contributed by atoms with van der Waals surface area (Å²) in [5.41, 5.74) is -0.663. The Balaban J connectivity index is 1.55. The molecule has 1 unspecified atom stereocenters. The molecule has 3 saturated heterocycles. The van der Waals surface area contributed by atoms with Crippen molar-refractivity contribution in [1.82, 2.24) is 20.0 Å². The summed E-state index contributed by atoms with van der Waals surface area (Å²) in [4.78, 5) is 30.9. The van der Waals surface area contributed by atoms with Crippen LogP contribution >= 0.6 is 0 Å². The minimum Gasteiger partial charge on any atom is -0.322 e. The predicted molar refractivity (Wildman–Crippen MR) is 84.6 cm³/mol. The summed E-state index contributed by atoms with van der Waals surface area (Å²) < 4.78 is 0. The van der Waals surface area contributed by atoms with Crippen molar-refractivity contribution < 1.29 is 9.59 Å². The molecule has 3 fully saturated rings. The van der Waals surface area contributed by atoms with E-state index in [-0.39, 0.29) is 18.0 Å². The van der Waals surface area contributed by atoms with Crippen molar-refractivity contribution in [3.05, 3.63) is 0 Å². The summed E-state index contributed by atoms with van der Waals surface area (Å²) in [6.07, 6.45) is 4.71. The highest BCUT2D eigenvalue weighted by Crippen LogP contribution is 2.29. The van der Waals surface area contributed by atoms with Crippen LogP contribution in [0.4, 0.5) is 4.79 Å². The third kappa shape index (κ3) is 2.86. The number of piperidine rings is 1. The first kappa shape index (κ1) is 15.7. The van der Waals surface area contributed by atoms with Crippen LogP contribution in [0.15, 0.2) is 0 Å². The molecular weight excluding hydrogens is 280 g/mol. The third-order valence-electron chi connectivity index (χ3n) is 5.24. The molecule has 0 saturated carbocycles. The van der Waals surface area contributed by atoms with E-state index in [4.69, 9.17) is 0 Å². The van der Waals surface area contributed by atoms with Gasteiger partial charge in [-0.3, -0.25) is 14.6 Å². The van der Waals surface area contributed by atoms with Crippen LogP contribution in [0.2, 0.25) is 0 Å². The van der Waals surface area contributed by atoms with Crippen LogP contribution in [0.1, 0.15) is 39.5 Å². The summed E-state index contributed by atoms with van der Waals surface area (Å²) in [6.45, 7) is 9.81. The smallest absolute Gasteiger partial charge is 0.322 e. The van der Waals surface area contributed by atoms with Crippen LogP contribution in [-0.4, -0.2) is 77.5 Å². The first-order valence-electron chi connectivity index (χ1n) is 8.62. The van der Waals surface area contributed by atoms with Crippen LogP contribution in [0, 0.1) is 0 Å². The largest absolute Gasteiger partial charge is 0.325 e. The van der Waals surface area contributed by atoms with Crippen LogP contribution in [0.5, 0.6) is 0 Å². The first-order valence-corrected chi connectivity index (χ1v) is 8.62. The molecule has 1 N–H and O–H groups in total. The zero-order valence-electron chi connectivity index (χ0n) is 13.8. The zero-order chi connectivity index (χ0) is 15.7. The van der Waals surface area contributed by atoms with Gasteiger partial charge in [0.1, 0.15) is 5.54 Å². The number of hydrogen-bond donors (Lipinski definition) is 1. The summed E-state index contributed by atoms with van der Waals surface area (Å²) >= 11 is 0. The van der Waals surface area contributed by atoms with Crippen molar-refractivity contribution in [1.29, 1.82) is 0 Å². The van der Waals surface area contributed by atoms with Crippen molar-refractivity contribution in [2.75, 3.05) is 39.3 Å². The maximum absolute atomic E-state index is 12.6. The quantitative estimate of drug-likeness (QED) is 0.783. The van der Waals surface area contributed by atoms with E-state index in [0.717, 1.165) is 26.1 Å². The molecular formula is C16H28N4O2. The van der Waals surface area contributed by atoms with E-state index < -0.39 is 5.54 Å². The molecule has 3 amide bonds. The minimum atomic E-state index is -0.663. The lowest BCUT2D eigenvalue weighted by molar-refractivity contribution is -0.132. The Morgan fingerprint density at radius 1 is 1.05 bits per heavy atom. The van der Waals surface area contributed by atoms with Crippen molar-refractivity contribution >= 4 is 11.9 Å². The second kappa shape index (κ2) is 6.16. The van der Waals surface area contributed by atoms with Crippen molar-refractivity contribution in [3.8, 4) is 0 Å². The van der Waals surface area contributed by atoms with Gasteiger partial charge in [-0.25, -0.2) is 4.79 Å². The average Bonchev–Trinajstić information content (AvgIpc) is 3.00. The molecule has 3 rings (SSSR count). The lowest BCUT2D eigenvalue weighted by atomic mass is 9.98. The van der Waals surface area contributed by atoms with E-state index in [1.807, 2.05) is 13.8 Å². The Bertz CT molecular complexity index is 447. The molecule has 22 heavy (non-hydrogen) atoms. The maximum atomic E-state index is 12.6. The number of carbonyl (C=O) groups excluding carboxylic acids is 2. The summed E-state index contributed by atoms with van der Waals surface area (Å²) in [7, 11) is 0. The number of carbonyl (C=O) groups is 2. The molecule has 0 radical (unpaired) electrons. The number of nitrogens with one attached hydrogen (secondary N) is 1. The number of hydrogen-bond acceptors (Lipinski definition) is 4. The first-order chi connectivity index (χ1) is 10.5. The molecule has 0 aromatic carbocycles. The maximum Gasteiger partial charge on any atom is 0.325 e. The number of urea groups is 1. The SMILES string of the molecule is CC(C)N1C(=O)NC2(CCN(CCN3CCCCC3)C2)C1=O. The van der Waals surface area contributed by atoms with Gasteiger partial charge in [0.15, 0.2) is 0 Å². The monoisotopic (exact) mass is 308 g/mol. The topological polar surface area (TPSA) is 55.9 Å². The summed E-state index contributed by atoms with van der Waals surface area (Å²) in [6, 6.07) is -0.299. The Morgan fingerprint density at radius 2 is 1.73 bits per heavy atom. The minimum absolute atomic E-state index is 0.0343. The number of likely N-dealkylation sites (tertiary alicyclic amines) is 2. The number of imide groups is 1. The number of nitrogens with zero attached hydrogens (tertiary/aromatic N) is 3. The Morgan fingerprint density at radius 3 is 2.36 bits per heavy atom. The number of amides is 3. The fourth-order valence-electron chi connectivity index (χ4n) is 3.93. The molecule has 0 bridgehead atoms. The standard InChI is InChI=1S/C16H28N4O2/c1-13(2)20-14(21)16(17-15(20)22)6-9-19(12-16)11-10-18-7-4-3-5-8-18/h13H,3-12H2,1-2H3,(H,17,22). The molecule has 1 spiro atoms. The van der Waals surface area contributed by atoms with Crippen molar-refractivity contribution in [2.45, 2.75) is 51.1 Å². The Hall–Kier alpha value is -1.14. The molecule has 1 atom stereocenters. The van der Waals surface area contributed by atoms with E-state index in [2.05, 4.69) is 15.1 Å². The van der Waals surface area contributed by atoms with Gasteiger partial charge in [-0.2, -0.15) is 0 Å². The van der Waals surface area contributed by atoms with Crippen LogP contribution in [0.25, 0.3) is 0 Å². The van der Waals surface area contributed by atoms with Crippen LogP contribution in [-0.2, 0) is 4.79 Å². The molecule has 3 aliphatic heterocycles. The lowest BCUT2D eigenvalue weighted by Crippen LogP contribution is -2.50. The van der Waals surface area contributed by atoms with E-state index in [1.165, 1.54) is 37.3 Å². The predicted octanol–water partition coefficient (Wildman–Crippen LogP) is 0.877. The second-order valence-corrected chi connectivity index (χ2v) is 7.21. The Labute approximate surface area is 132 Å². The molecule has 0 aliphatic carbocycles. The molecule has 124 valence electrons. The lowest BCUT2D eigenvalue weighted by Gasteiger charge is -2.29. The second-order valence-electron chi connectivity index (χ2n) is 7.21. The highest BCUT2D eigenvalue weighted by molar-refractivity contribution is 6.07. The molecule has 0 aromatic rings. The van der Waals surface area contributed by atoms with Crippen LogP contribution < -0.4 is 5.32 Å². The third-order valence-corrected chi connectivity index (χ3v) is 5.24. The normalized spacial score (nSPS) is 30.8. The number of rotatable bonds is 4. The van der Waals surface area contributed by atoms with Gasteiger partial charge in [0.2, 0.25) is 0 Å². The van der Waals surface area contributed by atoms with E-state index in [0.29, 0.717) is 6.54 Å². The van der Waals surface area contributed by atoms with Gasteiger partial charge in [0, 0.05) is 32.2 Å². The molecule has 3 aliphatic rings. The van der Waals surface area contributed by atoms with Gasteiger partial charge in [-0.05, 0) is 46.2 Å². The van der Waals surface area contributed by atoms with Gasteiger partial charge < -0.3 is 10.2 Å². The van der Waals surface area contributed by atoms with E-state index >= 15 is 0 Å². The highest BCUT2D eigenvalue weighted by Gasteiger charge is 2.55. The highest BCUT2D eigenvalue weighted by atomic mass is 16.2. The summed E-state index contributed by atoms with van der Waals surface area (Å²) in [5.74, 6) is -0.0343. The van der Waals surface area contributed by atoms with Gasteiger partial charge in [0.25, 0.3) is 5.91 Å². The molecule has 6 nitrogen and oxygen atoms in total. The van der Waals surface area contributed by atoms with Gasteiger partial charge in [0.05, 0.1) is 0 Å². The fraction of sp³-hybridized carbons (Fsp3) is 0.875. The van der Waals surface area contributed by atoms with Crippen LogP contribution in [0.3, 0.4) is 0 Å². The van der Waals surface area contributed by atoms with Crippen molar-refractivity contribution in [2.24, 2.45) is 0 Å². The van der Waals surface area contributed by atoms with Gasteiger partial charge in [-0.1, -0.05) is 6.42 Å². The molecule has 0 aromatic heterocycles. The van der Waals surface area contributed by atoms with E-state index in [9.17, 15) is 9.59 Å². The van der Waals surface area contributed by atoms with Crippen molar-refractivity contribution in [3.63, 3.8) is 0 Å². The molecule has 3 heterocycles. The Kier molecular flexibility index (Phi) is 4.41. The van der Waals surface area contributed by atoms with E-state index in [1.54, 1.807) is 0 Å². The van der Waals surface area contributed by atoms with Gasteiger partial charge in [-0.15, -0.1) is 0 Å². The van der Waals surface area contributed by atoms with Gasteiger partial charge >= 0.3 is 6.03 Å². The zero-order valence-corrected chi connectivity index (χ0v) is 13.8.